The van der Waals surface area contributed by atoms with Crippen molar-refractivity contribution in [2.75, 3.05) is 38.7 Å². The Balaban J connectivity index is 2.61. The molecule has 2 N–H and O–H groups in total. The molecule has 0 radical (unpaired) electrons. The predicted octanol–water partition coefficient (Wildman–Crippen LogP) is 1.27. The molecule has 1 amide bonds. The van der Waals surface area contributed by atoms with Gasteiger partial charge in [-0.1, -0.05) is 17.7 Å². The Morgan fingerprint density at radius 3 is 2.57 bits per heavy atom. The fourth-order valence-electron chi connectivity index (χ4n) is 1.97. The number of aliphatic carboxylic acids is 1. The van der Waals surface area contributed by atoms with Crippen molar-refractivity contribution in [2.24, 2.45) is 0 Å². The van der Waals surface area contributed by atoms with Crippen LogP contribution in [-0.4, -0.2) is 55.2 Å². The fourth-order valence-corrected chi connectivity index (χ4v) is 1.97. The number of hydrogen-bond acceptors (Lipinski definition) is 4. The van der Waals surface area contributed by atoms with E-state index >= 15 is 0 Å². The number of rotatable bonds is 8. The van der Waals surface area contributed by atoms with Gasteiger partial charge in [0.15, 0.2) is 0 Å². The third-order valence-electron chi connectivity index (χ3n) is 2.99. The highest BCUT2D eigenvalue weighted by Gasteiger charge is 2.14. The monoisotopic (exact) mass is 294 g/mol. The van der Waals surface area contributed by atoms with Gasteiger partial charge in [0.1, 0.15) is 0 Å². The maximum absolute atomic E-state index is 12.0. The Morgan fingerprint density at radius 2 is 2.00 bits per heavy atom. The van der Waals surface area contributed by atoms with Crippen LogP contribution in [0.2, 0.25) is 0 Å². The number of amides is 1. The number of nitrogens with one attached hydrogen (secondary N) is 1. The first-order chi connectivity index (χ1) is 9.92. The lowest BCUT2D eigenvalue weighted by molar-refractivity contribution is -0.138. The molecule has 6 heteroatoms. The topological polar surface area (TPSA) is 78.9 Å². The van der Waals surface area contributed by atoms with Crippen LogP contribution >= 0.6 is 0 Å². The number of methoxy groups -OCH3 is 1. The smallest absolute Gasteiger partial charge is 0.317 e. The lowest BCUT2D eigenvalue weighted by Gasteiger charge is -2.19. The van der Waals surface area contributed by atoms with Crippen LogP contribution < -0.4 is 5.32 Å². The van der Waals surface area contributed by atoms with Gasteiger partial charge in [-0.05, 0) is 25.5 Å². The molecule has 0 aliphatic carbocycles. The minimum absolute atomic E-state index is 0.0168. The molecule has 0 unspecified atom stereocenters. The normalized spacial score (nSPS) is 10.7. The second-order valence-electron chi connectivity index (χ2n) is 4.96. The van der Waals surface area contributed by atoms with Gasteiger partial charge in [0.2, 0.25) is 5.91 Å². The van der Waals surface area contributed by atoms with Crippen molar-refractivity contribution in [1.29, 1.82) is 0 Å². The molecule has 0 bridgehead atoms. The van der Waals surface area contributed by atoms with Gasteiger partial charge in [0, 0.05) is 19.3 Å². The van der Waals surface area contributed by atoms with Crippen LogP contribution in [0.4, 0.5) is 5.69 Å². The van der Waals surface area contributed by atoms with E-state index in [1.807, 2.05) is 32.0 Å². The van der Waals surface area contributed by atoms with Gasteiger partial charge in [0.25, 0.3) is 0 Å². The number of ether oxygens (including phenoxy) is 1. The Bertz CT molecular complexity index is 502. The highest BCUT2D eigenvalue weighted by molar-refractivity contribution is 5.93. The zero-order valence-electron chi connectivity index (χ0n) is 12.7. The molecule has 1 aromatic rings. The SMILES string of the molecule is COCCN(CC(=O)O)CC(=O)Nc1ccc(C)cc1C. The first kappa shape index (κ1) is 17.1. The van der Waals surface area contributed by atoms with Crippen LogP contribution in [0.25, 0.3) is 0 Å². The van der Waals surface area contributed by atoms with E-state index in [1.54, 1.807) is 0 Å². The molecular formula is C15H22N2O4. The van der Waals surface area contributed by atoms with Gasteiger partial charge in [-0.2, -0.15) is 0 Å². The van der Waals surface area contributed by atoms with Crippen molar-refractivity contribution in [3.05, 3.63) is 29.3 Å². The number of carbonyl (C=O) groups is 2. The van der Waals surface area contributed by atoms with Crippen molar-refractivity contribution >= 4 is 17.6 Å². The first-order valence-electron chi connectivity index (χ1n) is 6.72. The quantitative estimate of drug-likeness (QED) is 0.755. The molecule has 0 heterocycles. The predicted molar refractivity (Wildman–Crippen MR) is 80.5 cm³/mol. The largest absolute Gasteiger partial charge is 0.480 e. The van der Waals surface area contributed by atoms with Gasteiger partial charge in [0.05, 0.1) is 19.7 Å². The molecule has 116 valence electrons. The summed E-state index contributed by atoms with van der Waals surface area (Å²) >= 11 is 0. The number of carboxylic acids is 1. The molecular weight excluding hydrogens is 272 g/mol. The third kappa shape index (κ3) is 6.37. The molecule has 0 aliphatic heterocycles. The average Bonchev–Trinajstić information content (AvgIpc) is 2.38. The van der Waals surface area contributed by atoms with E-state index in [9.17, 15) is 9.59 Å². The van der Waals surface area contributed by atoms with E-state index in [4.69, 9.17) is 9.84 Å². The Kier molecular flexibility index (Phi) is 6.84. The van der Waals surface area contributed by atoms with Crippen LogP contribution in [0.3, 0.4) is 0 Å². The molecule has 0 atom stereocenters. The van der Waals surface area contributed by atoms with Gasteiger partial charge in [-0.25, -0.2) is 0 Å². The van der Waals surface area contributed by atoms with Gasteiger partial charge >= 0.3 is 5.97 Å². The van der Waals surface area contributed by atoms with Gasteiger partial charge in [-0.3, -0.25) is 14.5 Å². The summed E-state index contributed by atoms with van der Waals surface area (Å²) in [6.45, 7) is 4.50. The van der Waals surface area contributed by atoms with Gasteiger partial charge < -0.3 is 15.2 Å². The minimum atomic E-state index is -0.967. The molecule has 0 saturated carbocycles. The van der Waals surface area contributed by atoms with Crippen molar-refractivity contribution in [2.45, 2.75) is 13.8 Å². The maximum atomic E-state index is 12.0. The summed E-state index contributed by atoms with van der Waals surface area (Å²) in [5.41, 5.74) is 2.84. The lowest BCUT2D eigenvalue weighted by Crippen LogP contribution is -2.38. The second kappa shape index (κ2) is 8.39. The second-order valence-corrected chi connectivity index (χ2v) is 4.96. The Hall–Kier alpha value is -1.92. The summed E-state index contributed by atoms with van der Waals surface area (Å²) in [5, 5.41) is 11.6. The summed E-state index contributed by atoms with van der Waals surface area (Å²) in [6, 6.07) is 5.75. The molecule has 6 nitrogen and oxygen atoms in total. The summed E-state index contributed by atoms with van der Waals surface area (Å²) in [5.74, 6) is -1.20. The van der Waals surface area contributed by atoms with E-state index in [1.165, 1.54) is 12.0 Å². The zero-order valence-corrected chi connectivity index (χ0v) is 12.7. The Morgan fingerprint density at radius 1 is 1.29 bits per heavy atom. The van der Waals surface area contributed by atoms with Crippen LogP contribution in [0, 0.1) is 13.8 Å². The number of aryl methyl sites for hydroxylation is 2. The van der Waals surface area contributed by atoms with E-state index < -0.39 is 5.97 Å². The highest BCUT2D eigenvalue weighted by Crippen LogP contribution is 2.15. The van der Waals surface area contributed by atoms with Crippen molar-refractivity contribution in [3.8, 4) is 0 Å². The van der Waals surface area contributed by atoms with E-state index in [2.05, 4.69) is 5.32 Å². The molecule has 0 fully saturated rings. The van der Waals surface area contributed by atoms with Crippen molar-refractivity contribution < 1.29 is 19.4 Å². The average molecular weight is 294 g/mol. The number of nitrogens with zero attached hydrogens (tertiary/aromatic N) is 1. The number of carbonyl (C=O) groups excluding carboxylic acids is 1. The van der Waals surface area contributed by atoms with Crippen LogP contribution in [0.15, 0.2) is 18.2 Å². The minimum Gasteiger partial charge on any atom is -0.480 e. The molecule has 1 aromatic carbocycles. The summed E-state index contributed by atoms with van der Waals surface area (Å²) in [4.78, 5) is 24.3. The molecule has 0 spiro atoms. The third-order valence-corrected chi connectivity index (χ3v) is 2.99. The standard InChI is InChI=1S/C15H22N2O4/c1-11-4-5-13(12(2)8-11)16-14(18)9-17(6-7-21-3)10-15(19)20/h4-5,8H,6-7,9-10H2,1-3H3,(H,16,18)(H,19,20). The fraction of sp³-hybridized carbons (Fsp3) is 0.467. The maximum Gasteiger partial charge on any atom is 0.317 e. The summed E-state index contributed by atoms with van der Waals surface area (Å²) in [6.07, 6.45) is 0. The van der Waals surface area contributed by atoms with Crippen molar-refractivity contribution in [3.63, 3.8) is 0 Å². The lowest BCUT2D eigenvalue weighted by atomic mass is 10.1. The van der Waals surface area contributed by atoms with E-state index in [0.29, 0.717) is 13.2 Å². The molecule has 0 aliphatic rings. The zero-order chi connectivity index (χ0) is 15.8. The number of benzene rings is 1. The van der Waals surface area contributed by atoms with Crippen molar-refractivity contribution in [1.82, 2.24) is 4.90 Å². The van der Waals surface area contributed by atoms with E-state index in [0.717, 1.165) is 16.8 Å². The number of hydrogen-bond donors (Lipinski definition) is 2. The molecule has 1 rings (SSSR count). The number of carboxylic acid groups (broad SMARTS) is 1. The molecule has 21 heavy (non-hydrogen) atoms. The summed E-state index contributed by atoms with van der Waals surface area (Å²) < 4.78 is 4.92. The first-order valence-corrected chi connectivity index (χ1v) is 6.72. The molecule has 0 aromatic heterocycles. The van der Waals surface area contributed by atoms with Crippen LogP contribution in [0.1, 0.15) is 11.1 Å². The van der Waals surface area contributed by atoms with E-state index in [-0.39, 0.29) is 19.0 Å². The molecule has 0 saturated heterocycles. The highest BCUT2D eigenvalue weighted by atomic mass is 16.5. The summed E-state index contributed by atoms with van der Waals surface area (Å²) in [7, 11) is 1.54. The van der Waals surface area contributed by atoms with Gasteiger partial charge in [-0.15, -0.1) is 0 Å². The number of anilines is 1. The Labute approximate surface area is 124 Å². The van der Waals surface area contributed by atoms with Crippen LogP contribution in [0.5, 0.6) is 0 Å². The van der Waals surface area contributed by atoms with Crippen LogP contribution in [-0.2, 0) is 14.3 Å².